The Morgan fingerprint density at radius 1 is 1.07 bits per heavy atom. The summed E-state index contributed by atoms with van der Waals surface area (Å²) in [4.78, 5) is 72.7. The highest BCUT2D eigenvalue weighted by molar-refractivity contribution is 7.51. The van der Waals surface area contributed by atoms with Crippen molar-refractivity contribution >= 4 is 43.7 Å². The van der Waals surface area contributed by atoms with Gasteiger partial charge in [0.15, 0.2) is 5.82 Å². The average Bonchev–Trinajstić information content (AvgIpc) is 3.50. The Morgan fingerprint density at radius 3 is 2.36 bits per heavy atom. The Balaban J connectivity index is 0.00000529. The fourth-order valence-electron chi connectivity index (χ4n) is 4.94. The molecule has 0 bridgehead atoms. The van der Waals surface area contributed by atoms with Crippen LogP contribution in [0, 0.1) is 0 Å². The van der Waals surface area contributed by atoms with Crippen LogP contribution in [0.5, 0.6) is 0 Å². The maximum absolute atomic E-state index is 13.5. The third-order valence-corrected chi connectivity index (χ3v) is 8.22. The number of unbranched alkanes of at least 4 members (excludes halogenated alkanes) is 1. The maximum Gasteiger partial charge on any atom is 0.409 e. The molecule has 1 aromatic carbocycles. The first-order valence-electron chi connectivity index (χ1n) is 14.4. The van der Waals surface area contributed by atoms with Gasteiger partial charge in [-0.3, -0.25) is 14.2 Å². The number of halogens is 1. The molecule has 4 rings (SSSR count). The molecule has 0 saturated carbocycles. The molecule has 16 heteroatoms. The monoisotopic (exact) mass is 654 g/mol. The molecule has 0 spiro atoms. The van der Waals surface area contributed by atoms with Crippen molar-refractivity contribution in [3.05, 3.63) is 42.1 Å². The van der Waals surface area contributed by atoms with Gasteiger partial charge in [-0.25, -0.2) is 14.8 Å². The van der Waals surface area contributed by atoms with Crippen LogP contribution in [0.2, 0.25) is 0 Å². The minimum absolute atomic E-state index is 0. The number of carbonyl (C=O) groups is 3. The predicted octanol–water partition coefficient (Wildman–Crippen LogP) is 2.15. The number of carbonyl (C=O) groups excluding carboxylic acids is 3. The number of methoxy groups -OCH3 is 1. The van der Waals surface area contributed by atoms with Crippen molar-refractivity contribution in [1.82, 2.24) is 25.1 Å². The lowest BCUT2D eigenvalue weighted by Crippen LogP contribution is -2.56. The molecule has 2 fully saturated rings. The van der Waals surface area contributed by atoms with Crippen molar-refractivity contribution in [3.8, 4) is 11.4 Å². The zero-order chi connectivity index (χ0) is 31.0. The van der Waals surface area contributed by atoms with Gasteiger partial charge in [-0.2, -0.15) is 0 Å². The summed E-state index contributed by atoms with van der Waals surface area (Å²) in [7, 11) is -3.08. The number of rotatable bonds is 11. The van der Waals surface area contributed by atoms with Gasteiger partial charge in [-0.1, -0.05) is 43.7 Å². The van der Waals surface area contributed by atoms with Crippen LogP contribution in [0.3, 0.4) is 0 Å². The van der Waals surface area contributed by atoms with Crippen molar-refractivity contribution < 1.29 is 38.2 Å². The molecule has 2 atom stereocenters. The highest BCUT2D eigenvalue weighted by Crippen LogP contribution is 2.35. The van der Waals surface area contributed by atoms with E-state index in [0.717, 1.165) is 19.3 Å². The molecular formula is C28H40ClN6O8P. The number of piperazine rings is 1. The molecule has 2 aliphatic rings. The molecule has 3 amide bonds. The zero-order valence-corrected chi connectivity index (χ0v) is 26.5. The van der Waals surface area contributed by atoms with E-state index >= 15 is 0 Å². The molecule has 2 aromatic rings. The van der Waals surface area contributed by atoms with Crippen molar-refractivity contribution in [2.45, 2.75) is 38.3 Å². The first kappa shape index (κ1) is 35.2. The topological polar surface area (TPSA) is 175 Å². The Labute approximate surface area is 262 Å². The van der Waals surface area contributed by atoms with Gasteiger partial charge >= 0.3 is 13.7 Å². The minimum atomic E-state index is -4.71. The van der Waals surface area contributed by atoms with E-state index in [4.69, 9.17) is 9.47 Å². The van der Waals surface area contributed by atoms with Crippen LogP contribution < -0.4 is 10.2 Å². The van der Waals surface area contributed by atoms with E-state index in [9.17, 15) is 28.7 Å². The molecule has 1 aromatic heterocycles. The molecule has 3 heterocycles. The summed E-state index contributed by atoms with van der Waals surface area (Å²) in [6.45, 7) is 4.17. The van der Waals surface area contributed by atoms with Crippen LogP contribution >= 0.6 is 20.0 Å². The van der Waals surface area contributed by atoms with Gasteiger partial charge < -0.3 is 39.3 Å². The van der Waals surface area contributed by atoms with Gasteiger partial charge in [-0.15, -0.1) is 12.4 Å². The molecule has 2 saturated heterocycles. The molecular weight excluding hydrogens is 615 g/mol. The zero-order valence-electron chi connectivity index (χ0n) is 24.8. The second-order valence-corrected chi connectivity index (χ2v) is 12.2. The molecule has 2 aliphatic heterocycles. The van der Waals surface area contributed by atoms with Gasteiger partial charge in [0, 0.05) is 58.0 Å². The third-order valence-electron chi connectivity index (χ3n) is 7.38. The summed E-state index contributed by atoms with van der Waals surface area (Å²) in [5.41, 5.74) is 0.627. The van der Waals surface area contributed by atoms with Crippen LogP contribution in [-0.4, -0.2) is 119 Å². The minimum Gasteiger partial charge on any atom is -0.449 e. The van der Waals surface area contributed by atoms with Crippen molar-refractivity contribution in [1.29, 1.82) is 0 Å². The number of aromatic nitrogens is 2. The number of nitrogens with one attached hydrogen (secondary N) is 1. The van der Waals surface area contributed by atoms with Gasteiger partial charge in [0.2, 0.25) is 5.91 Å². The number of hydrogen-bond donors (Lipinski definition) is 3. The van der Waals surface area contributed by atoms with Crippen LogP contribution in [0.15, 0.2) is 36.4 Å². The fraction of sp³-hybridized carbons (Fsp3) is 0.536. The second-order valence-electron chi connectivity index (χ2n) is 10.5. The number of nitrogens with zero attached hydrogens (tertiary/aromatic N) is 5. The first-order chi connectivity index (χ1) is 20.6. The largest absolute Gasteiger partial charge is 0.449 e. The van der Waals surface area contributed by atoms with E-state index in [2.05, 4.69) is 15.3 Å². The molecule has 44 heavy (non-hydrogen) atoms. The lowest BCUT2D eigenvalue weighted by atomic mass is 10.2. The summed E-state index contributed by atoms with van der Waals surface area (Å²) >= 11 is 0. The molecule has 0 radical (unpaired) electrons. The maximum atomic E-state index is 13.5. The van der Waals surface area contributed by atoms with Gasteiger partial charge in [0.25, 0.3) is 5.91 Å². The average molecular weight is 655 g/mol. The standard InChI is InChI=1S/C28H39N6O8P.ClH/c1-3-4-16-42-28(37)33-14-12-32(13-15-33)27(36)23(19-43(38,39)40)30-26(35)22-17-24(34-11-10-21(18-34)41-2)31-25(29-22)20-8-6-5-7-9-20;/h5-9,17,21,23H,3-4,10-16,18-19H2,1-2H3,(H,30,35)(H2,38,39,40);1H/t21-,23?;/m0./s1. The predicted molar refractivity (Wildman–Crippen MR) is 165 cm³/mol. The van der Waals surface area contributed by atoms with E-state index in [1.54, 1.807) is 7.11 Å². The normalized spacial score (nSPS) is 17.5. The van der Waals surface area contributed by atoms with Crippen LogP contribution in [0.4, 0.5) is 10.6 Å². The summed E-state index contributed by atoms with van der Waals surface area (Å²) in [5, 5.41) is 2.51. The van der Waals surface area contributed by atoms with E-state index in [1.165, 1.54) is 15.9 Å². The second kappa shape index (κ2) is 16.1. The van der Waals surface area contributed by atoms with Crippen LogP contribution in [0.1, 0.15) is 36.7 Å². The molecule has 0 aliphatic carbocycles. The van der Waals surface area contributed by atoms with Crippen LogP contribution in [0.25, 0.3) is 11.4 Å². The van der Waals surface area contributed by atoms with Crippen molar-refractivity contribution in [2.75, 3.05) is 64.0 Å². The number of amides is 3. The fourth-order valence-corrected chi connectivity index (χ4v) is 5.66. The summed E-state index contributed by atoms with van der Waals surface area (Å²) in [6, 6.07) is 9.09. The lowest BCUT2D eigenvalue weighted by molar-refractivity contribution is -0.134. The van der Waals surface area contributed by atoms with Crippen molar-refractivity contribution in [2.24, 2.45) is 0 Å². The van der Waals surface area contributed by atoms with Gasteiger partial charge in [0.05, 0.1) is 18.9 Å². The number of benzene rings is 1. The summed E-state index contributed by atoms with van der Waals surface area (Å²) in [6.07, 6.45) is 1.08. The third kappa shape index (κ3) is 9.60. The summed E-state index contributed by atoms with van der Waals surface area (Å²) in [5.74, 6) is -0.633. The van der Waals surface area contributed by atoms with E-state index in [0.29, 0.717) is 36.9 Å². The first-order valence-corrected chi connectivity index (χ1v) is 16.2. The van der Waals surface area contributed by atoms with Crippen LogP contribution in [-0.2, 0) is 18.8 Å². The lowest BCUT2D eigenvalue weighted by Gasteiger charge is -2.36. The van der Waals surface area contributed by atoms with Gasteiger partial charge in [-0.05, 0) is 12.8 Å². The number of hydrogen-bond acceptors (Lipinski definition) is 9. The van der Waals surface area contributed by atoms with Gasteiger partial charge in [0.1, 0.15) is 17.6 Å². The smallest absolute Gasteiger partial charge is 0.409 e. The SMILES string of the molecule is CCCCOC(=O)N1CCN(C(=O)C(CP(=O)(O)O)NC(=O)c2cc(N3CC[C@H](OC)C3)nc(-c3ccccc3)n2)CC1.Cl. The Kier molecular flexibility index (Phi) is 12.9. The van der Waals surface area contributed by atoms with E-state index in [1.807, 2.05) is 42.2 Å². The molecule has 3 N–H and O–H groups in total. The Bertz CT molecular complexity index is 1320. The highest BCUT2D eigenvalue weighted by atomic mass is 35.5. The Morgan fingerprint density at radius 2 is 1.75 bits per heavy atom. The molecule has 242 valence electrons. The quantitative estimate of drug-likeness (QED) is 0.239. The Hall–Kier alpha value is -3.29. The highest BCUT2D eigenvalue weighted by Gasteiger charge is 2.35. The van der Waals surface area contributed by atoms with E-state index < -0.39 is 37.7 Å². The summed E-state index contributed by atoms with van der Waals surface area (Å²) < 4.78 is 22.7. The van der Waals surface area contributed by atoms with Crippen molar-refractivity contribution in [3.63, 3.8) is 0 Å². The number of anilines is 1. The molecule has 1 unspecified atom stereocenters. The molecule has 14 nitrogen and oxygen atoms in total. The van der Waals surface area contributed by atoms with E-state index in [-0.39, 0.29) is 50.4 Å². The number of ether oxygens (including phenoxy) is 2.